The van der Waals surface area contributed by atoms with Gasteiger partial charge in [-0.15, -0.1) is 0 Å². The van der Waals surface area contributed by atoms with Crippen molar-refractivity contribution in [2.45, 2.75) is 26.1 Å². The Hall–Kier alpha value is -0.443. The third kappa shape index (κ3) is 4.44. The zero-order valence-electron chi connectivity index (χ0n) is 7.18. The molecule has 0 aromatic heterocycles. The van der Waals surface area contributed by atoms with Gasteiger partial charge < -0.3 is 9.16 Å². The Morgan fingerprint density at radius 3 is 2.30 bits per heavy atom. The number of hydrogen-bond acceptors (Lipinski definition) is 2. The summed E-state index contributed by atoms with van der Waals surface area (Å²) >= 11 is 0. The maximum absolute atomic E-state index is 5.45. The quantitative estimate of drug-likeness (QED) is 0.464. The predicted octanol–water partition coefficient (Wildman–Crippen LogP) is 2.35. The van der Waals surface area contributed by atoms with Crippen molar-refractivity contribution in [1.29, 1.82) is 0 Å². The second-order valence-corrected chi connectivity index (χ2v) is 7.20. The highest BCUT2D eigenvalue weighted by molar-refractivity contribution is 6.71. The van der Waals surface area contributed by atoms with Crippen LogP contribution in [0.3, 0.4) is 0 Å². The van der Waals surface area contributed by atoms with Gasteiger partial charge in [-0.2, -0.15) is 0 Å². The molecule has 0 aliphatic heterocycles. The van der Waals surface area contributed by atoms with Crippen molar-refractivity contribution in [3.63, 3.8) is 0 Å². The second kappa shape index (κ2) is 4.38. The first-order valence-electron chi connectivity index (χ1n) is 3.48. The summed E-state index contributed by atoms with van der Waals surface area (Å²) in [6, 6.07) is 1.13. The van der Waals surface area contributed by atoms with E-state index >= 15 is 0 Å². The van der Waals surface area contributed by atoms with Crippen molar-refractivity contribution in [1.82, 2.24) is 0 Å². The van der Waals surface area contributed by atoms with Gasteiger partial charge in [-0.3, -0.25) is 0 Å². The highest BCUT2D eigenvalue weighted by Crippen LogP contribution is 2.09. The first-order chi connectivity index (χ1) is 4.62. The van der Waals surface area contributed by atoms with Crippen molar-refractivity contribution < 1.29 is 9.16 Å². The molecule has 0 radical (unpaired) electrons. The van der Waals surface area contributed by atoms with Crippen LogP contribution in [0.25, 0.3) is 0 Å². The van der Waals surface area contributed by atoms with Crippen LogP contribution >= 0.6 is 0 Å². The maximum atomic E-state index is 5.45. The molecule has 60 valence electrons. The van der Waals surface area contributed by atoms with E-state index in [0.717, 1.165) is 6.04 Å². The fourth-order valence-corrected chi connectivity index (χ4v) is 0.941. The molecule has 0 bridgehead atoms. The second-order valence-electron chi connectivity index (χ2n) is 2.74. The molecule has 0 N–H and O–H groups in total. The van der Waals surface area contributed by atoms with Crippen molar-refractivity contribution in [2.24, 2.45) is 0 Å². The number of methoxy groups -OCH3 is 1. The van der Waals surface area contributed by atoms with Gasteiger partial charge in [0.2, 0.25) is 8.32 Å². The summed E-state index contributed by atoms with van der Waals surface area (Å²) < 4.78 is 10.2. The van der Waals surface area contributed by atoms with Gasteiger partial charge in [0.15, 0.2) is 0 Å². The highest BCUT2D eigenvalue weighted by Gasteiger charge is 2.18. The van der Waals surface area contributed by atoms with Crippen LogP contribution in [0.2, 0.25) is 19.1 Å². The molecule has 0 heterocycles. The molecule has 2 nitrogen and oxygen atoms in total. The van der Waals surface area contributed by atoms with Crippen LogP contribution in [-0.2, 0) is 9.16 Å². The number of hydrogen-bond donors (Lipinski definition) is 0. The van der Waals surface area contributed by atoms with Crippen LogP contribution in [0.4, 0.5) is 0 Å². The minimum absolute atomic E-state index is 1.13. The van der Waals surface area contributed by atoms with Gasteiger partial charge in [-0.05, 0) is 19.1 Å². The fourth-order valence-electron chi connectivity index (χ4n) is 0.351. The van der Waals surface area contributed by atoms with E-state index < -0.39 is 8.32 Å². The van der Waals surface area contributed by atoms with Gasteiger partial charge in [-0.25, -0.2) is 0 Å². The zero-order chi connectivity index (χ0) is 8.04. The first-order valence-corrected chi connectivity index (χ1v) is 6.59. The lowest BCUT2D eigenvalue weighted by Crippen LogP contribution is -2.26. The Morgan fingerprint density at radius 2 is 1.90 bits per heavy atom. The largest absolute Gasteiger partial charge is 0.547 e. The molecular weight excluding hydrogens is 144 g/mol. The van der Waals surface area contributed by atoms with Crippen LogP contribution in [0.15, 0.2) is 12.5 Å². The van der Waals surface area contributed by atoms with E-state index in [1.807, 2.05) is 0 Å². The molecule has 0 unspecified atom stereocenters. The van der Waals surface area contributed by atoms with E-state index in [9.17, 15) is 0 Å². The van der Waals surface area contributed by atoms with E-state index in [2.05, 4.69) is 20.0 Å². The van der Waals surface area contributed by atoms with Crippen molar-refractivity contribution >= 4 is 8.32 Å². The third-order valence-corrected chi connectivity index (χ3v) is 3.91. The fraction of sp³-hybridized carbons (Fsp3) is 0.714. The Balaban J connectivity index is 3.56. The molecule has 0 spiro atoms. The van der Waals surface area contributed by atoms with Gasteiger partial charge in [0, 0.05) is 0 Å². The zero-order valence-corrected chi connectivity index (χ0v) is 8.18. The van der Waals surface area contributed by atoms with E-state index in [-0.39, 0.29) is 0 Å². The van der Waals surface area contributed by atoms with Crippen LogP contribution < -0.4 is 0 Å². The standard InChI is InChI=1S/C7H16O2Si/c1-5-10(3,4)9-7-6-8-2/h6-7H,5H2,1-4H3/b7-6+. The summed E-state index contributed by atoms with van der Waals surface area (Å²) in [7, 11) is 0.230. The molecule has 3 heteroatoms. The Bertz CT molecular complexity index is 110. The first kappa shape index (κ1) is 9.56. The lowest BCUT2D eigenvalue weighted by atomic mass is 11.0. The summed E-state index contributed by atoms with van der Waals surface area (Å²) in [4.78, 5) is 0. The molecule has 0 saturated heterocycles. The minimum atomic E-state index is -1.38. The highest BCUT2D eigenvalue weighted by atomic mass is 28.4. The molecule has 0 aromatic carbocycles. The van der Waals surface area contributed by atoms with Crippen molar-refractivity contribution in [2.75, 3.05) is 7.11 Å². The Labute approximate surface area is 64.0 Å². The van der Waals surface area contributed by atoms with Gasteiger partial charge in [-0.1, -0.05) is 6.92 Å². The third-order valence-electron chi connectivity index (χ3n) is 1.43. The van der Waals surface area contributed by atoms with Crippen LogP contribution in [0.1, 0.15) is 6.92 Å². The number of rotatable bonds is 4. The Kier molecular flexibility index (Phi) is 4.19. The minimum Gasteiger partial charge on any atom is -0.547 e. The summed E-state index contributed by atoms with van der Waals surface area (Å²) in [6.45, 7) is 6.49. The van der Waals surface area contributed by atoms with Gasteiger partial charge in [0.05, 0.1) is 7.11 Å². The molecule has 0 atom stereocenters. The number of ether oxygens (including phenoxy) is 1. The van der Waals surface area contributed by atoms with Crippen molar-refractivity contribution in [3.8, 4) is 0 Å². The topological polar surface area (TPSA) is 18.5 Å². The van der Waals surface area contributed by atoms with Gasteiger partial charge in [0.25, 0.3) is 0 Å². The lowest BCUT2D eigenvalue weighted by Gasteiger charge is -2.18. The average molecular weight is 160 g/mol. The summed E-state index contributed by atoms with van der Waals surface area (Å²) in [5, 5.41) is 0. The molecular formula is C7H16O2Si. The van der Waals surface area contributed by atoms with E-state index in [1.165, 1.54) is 0 Å². The van der Waals surface area contributed by atoms with Gasteiger partial charge in [0.1, 0.15) is 12.5 Å². The summed E-state index contributed by atoms with van der Waals surface area (Å²) in [5.41, 5.74) is 0. The van der Waals surface area contributed by atoms with Crippen molar-refractivity contribution in [3.05, 3.63) is 12.5 Å². The molecule has 0 aliphatic carbocycles. The Morgan fingerprint density at radius 1 is 1.30 bits per heavy atom. The van der Waals surface area contributed by atoms with Crippen LogP contribution in [0.5, 0.6) is 0 Å². The smallest absolute Gasteiger partial charge is 0.244 e. The average Bonchev–Trinajstić information content (AvgIpc) is 1.89. The van der Waals surface area contributed by atoms with E-state index in [4.69, 9.17) is 9.16 Å². The molecule has 0 aromatic rings. The van der Waals surface area contributed by atoms with E-state index in [0.29, 0.717) is 0 Å². The SMILES string of the molecule is CC[Si](C)(C)O/C=C/OC. The molecule has 0 rings (SSSR count). The van der Waals surface area contributed by atoms with E-state index in [1.54, 1.807) is 19.6 Å². The normalized spacial score (nSPS) is 12.0. The molecule has 0 fully saturated rings. The van der Waals surface area contributed by atoms with Gasteiger partial charge >= 0.3 is 0 Å². The predicted molar refractivity (Wildman–Crippen MR) is 45.2 cm³/mol. The maximum Gasteiger partial charge on any atom is 0.244 e. The summed E-state index contributed by atoms with van der Waals surface area (Å²) in [6.07, 6.45) is 3.19. The monoisotopic (exact) mass is 160 g/mol. The molecule has 0 saturated carbocycles. The lowest BCUT2D eigenvalue weighted by molar-refractivity contribution is 0.318. The van der Waals surface area contributed by atoms with Crippen LogP contribution in [-0.4, -0.2) is 15.4 Å². The molecule has 0 amide bonds. The molecule has 10 heavy (non-hydrogen) atoms. The van der Waals surface area contributed by atoms with Crippen LogP contribution in [0, 0.1) is 0 Å². The summed E-state index contributed by atoms with van der Waals surface area (Å²) in [5.74, 6) is 0. The molecule has 0 aliphatic rings.